The van der Waals surface area contributed by atoms with Gasteiger partial charge in [-0.3, -0.25) is 0 Å². The Morgan fingerprint density at radius 2 is 2.06 bits per heavy atom. The molecule has 18 heavy (non-hydrogen) atoms. The number of aromatic nitrogens is 4. The van der Waals surface area contributed by atoms with Crippen molar-refractivity contribution < 1.29 is 9.47 Å². The molecule has 0 bridgehead atoms. The number of hydrogen-bond acceptors (Lipinski definition) is 5. The van der Waals surface area contributed by atoms with Crippen LogP contribution in [-0.4, -0.2) is 34.8 Å². The van der Waals surface area contributed by atoms with Crippen LogP contribution in [0.1, 0.15) is 17.8 Å². The molecular weight excluding hydrogens is 232 g/mol. The number of tetrazole rings is 1. The van der Waals surface area contributed by atoms with E-state index in [0.717, 1.165) is 42.1 Å². The minimum Gasteiger partial charge on any atom is -0.497 e. The van der Waals surface area contributed by atoms with Crippen molar-refractivity contribution in [2.24, 2.45) is 0 Å². The number of rotatable bonds is 6. The summed E-state index contributed by atoms with van der Waals surface area (Å²) < 4.78 is 10.5. The van der Waals surface area contributed by atoms with Gasteiger partial charge in [-0.2, -0.15) is 5.21 Å². The lowest BCUT2D eigenvalue weighted by Gasteiger charge is -2.09. The number of nitrogens with one attached hydrogen (secondary N) is 1. The molecule has 0 amide bonds. The Morgan fingerprint density at radius 3 is 2.72 bits per heavy atom. The van der Waals surface area contributed by atoms with E-state index >= 15 is 0 Å². The predicted octanol–water partition coefficient (Wildman–Crippen LogP) is 1.39. The molecule has 2 aromatic rings. The molecule has 96 valence electrons. The van der Waals surface area contributed by atoms with E-state index in [0.29, 0.717) is 0 Å². The first-order valence-electron chi connectivity index (χ1n) is 5.76. The van der Waals surface area contributed by atoms with E-state index in [2.05, 4.69) is 20.6 Å². The molecule has 0 radical (unpaired) electrons. The third kappa shape index (κ3) is 2.97. The van der Waals surface area contributed by atoms with Crippen LogP contribution in [0.15, 0.2) is 18.2 Å². The lowest BCUT2D eigenvalue weighted by molar-refractivity contribution is 0.398. The number of ether oxygens (including phenoxy) is 2. The summed E-state index contributed by atoms with van der Waals surface area (Å²) in [4.78, 5) is 0. The van der Waals surface area contributed by atoms with Crippen molar-refractivity contribution in [3.63, 3.8) is 0 Å². The fourth-order valence-electron chi connectivity index (χ4n) is 1.80. The number of nitrogens with zero attached hydrogens (tertiary/aromatic N) is 3. The normalized spacial score (nSPS) is 10.3. The van der Waals surface area contributed by atoms with E-state index in [1.165, 1.54) is 0 Å². The number of hydrogen-bond donors (Lipinski definition) is 1. The minimum atomic E-state index is 0.733. The Labute approximate surface area is 105 Å². The van der Waals surface area contributed by atoms with E-state index in [1.54, 1.807) is 14.2 Å². The van der Waals surface area contributed by atoms with Crippen molar-refractivity contribution in [1.29, 1.82) is 0 Å². The summed E-state index contributed by atoms with van der Waals surface area (Å²) in [6.07, 6.45) is 2.61. The molecule has 6 heteroatoms. The summed E-state index contributed by atoms with van der Waals surface area (Å²) in [5.41, 5.74) is 1.13. The van der Waals surface area contributed by atoms with Gasteiger partial charge in [-0.25, -0.2) is 0 Å². The second kappa shape index (κ2) is 6.00. The third-order valence-electron chi connectivity index (χ3n) is 2.72. The van der Waals surface area contributed by atoms with Crippen LogP contribution in [0.3, 0.4) is 0 Å². The van der Waals surface area contributed by atoms with Gasteiger partial charge in [-0.15, -0.1) is 10.2 Å². The zero-order valence-corrected chi connectivity index (χ0v) is 10.5. The quantitative estimate of drug-likeness (QED) is 0.836. The molecule has 1 heterocycles. The van der Waals surface area contributed by atoms with Gasteiger partial charge >= 0.3 is 0 Å². The van der Waals surface area contributed by atoms with Crippen molar-refractivity contribution >= 4 is 0 Å². The molecule has 1 aromatic carbocycles. The lowest BCUT2D eigenvalue weighted by Crippen LogP contribution is -1.96. The Balaban J connectivity index is 1.98. The molecule has 6 nitrogen and oxygen atoms in total. The molecule has 0 atom stereocenters. The Morgan fingerprint density at radius 1 is 1.17 bits per heavy atom. The summed E-state index contributed by atoms with van der Waals surface area (Å²) >= 11 is 0. The molecule has 1 aromatic heterocycles. The second-order valence-corrected chi connectivity index (χ2v) is 3.86. The highest BCUT2D eigenvalue weighted by Gasteiger charge is 2.06. The highest BCUT2D eigenvalue weighted by atomic mass is 16.5. The molecule has 0 aliphatic rings. The van der Waals surface area contributed by atoms with Crippen LogP contribution in [0, 0.1) is 0 Å². The van der Waals surface area contributed by atoms with E-state index in [1.807, 2.05) is 18.2 Å². The van der Waals surface area contributed by atoms with Crippen LogP contribution in [0.25, 0.3) is 0 Å². The number of aromatic amines is 1. The zero-order valence-electron chi connectivity index (χ0n) is 10.5. The zero-order chi connectivity index (χ0) is 12.8. The van der Waals surface area contributed by atoms with E-state index in [-0.39, 0.29) is 0 Å². The van der Waals surface area contributed by atoms with Gasteiger partial charge in [0.25, 0.3) is 0 Å². The SMILES string of the molecule is COc1ccc(OC)c(CCCc2nn[nH]n2)c1. The fraction of sp³-hybridized carbons (Fsp3) is 0.417. The Bertz CT molecular complexity index is 485. The van der Waals surface area contributed by atoms with E-state index in [4.69, 9.17) is 9.47 Å². The summed E-state index contributed by atoms with van der Waals surface area (Å²) in [5.74, 6) is 2.45. The van der Waals surface area contributed by atoms with E-state index < -0.39 is 0 Å². The van der Waals surface area contributed by atoms with Crippen molar-refractivity contribution in [1.82, 2.24) is 20.6 Å². The number of benzene rings is 1. The van der Waals surface area contributed by atoms with Crippen molar-refractivity contribution in [2.75, 3.05) is 14.2 Å². The van der Waals surface area contributed by atoms with Gasteiger partial charge in [0.1, 0.15) is 11.5 Å². The minimum absolute atomic E-state index is 0.733. The molecular formula is C12H16N4O2. The van der Waals surface area contributed by atoms with Crippen LogP contribution >= 0.6 is 0 Å². The van der Waals surface area contributed by atoms with Gasteiger partial charge < -0.3 is 9.47 Å². The fourth-order valence-corrected chi connectivity index (χ4v) is 1.80. The summed E-state index contributed by atoms with van der Waals surface area (Å²) in [6.45, 7) is 0. The maximum atomic E-state index is 5.33. The molecule has 1 N–H and O–H groups in total. The van der Waals surface area contributed by atoms with Crippen molar-refractivity contribution in [2.45, 2.75) is 19.3 Å². The van der Waals surface area contributed by atoms with Gasteiger partial charge in [0, 0.05) is 6.42 Å². The van der Waals surface area contributed by atoms with Gasteiger partial charge in [0.05, 0.1) is 14.2 Å². The highest BCUT2D eigenvalue weighted by Crippen LogP contribution is 2.25. The molecule has 0 aliphatic heterocycles. The van der Waals surface area contributed by atoms with E-state index in [9.17, 15) is 0 Å². The summed E-state index contributed by atoms with van der Waals surface area (Å²) in [5, 5.41) is 13.8. The molecule has 0 saturated carbocycles. The Hall–Kier alpha value is -2.11. The van der Waals surface area contributed by atoms with Crippen molar-refractivity contribution in [3.8, 4) is 11.5 Å². The molecule has 0 saturated heterocycles. The van der Waals surface area contributed by atoms with Gasteiger partial charge in [-0.1, -0.05) is 5.21 Å². The molecule has 2 rings (SSSR count). The average molecular weight is 248 g/mol. The highest BCUT2D eigenvalue weighted by molar-refractivity contribution is 5.40. The monoisotopic (exact) mass is 248 g/mol. The molecule has 0 aliphatic carbocycles. The topological polar surface area (TPSA) is 72.9 Å². The number of aryl methyl sites for hydroxylation is 2. The second-order valence-electron chi connectivity index (χ2n) is 3.86. The summed E-state index contributed by atoms with van der Waals surface area (Å²) in [7, 11) is 3.33. The number of methoxy groups -OCH3 is 2. The van der Waals surface area contributed by atoms with Crippen molar-refractivity contribution in [3.05, 3.63) is 29.6 Å². The standard InChI is InChI=1S/C12H16N4O2/c1-17-10-6-7-11(18-2)9(8-10)4-3-5-12-13-15-16-14-12/h6-8H,3-5H2,1-2H3,(H,13,14,15,16). The maximum Gasteiger partial charge on any atom is 0.174 e. The van der Waals surface area contributed by atoms with Crippen LogP contribution in [0.4, 0.5) is 0 Å². The Kier molecular flexibility index (Phi) is 4.11. The predicted molar refractivity (Wildman–Crippen MR) is 65.7 cm³/mol. The van der Waals surface area contributed by atoms with Crippen LogP contribution < -0.4 is 9.47 Å². The molecule has 0 unspecified atom stereocenters. The van der Waals surface area contributed by atoms with Crippen LogP contribution in [-0.2, 0) is 12.8 Å². The average Bonchev–Trinajstić information content (AvgIpc) is 2.92. The van der Waals surface area contributed by atoms with Crippen LogP contribution in [0.5, 0.6) is 11.5 Å². The van der Waals surface area contributed by atoms with Crippen LogP contribution in [0.2, 0.25) is 0 Å². The van der Waals surface area contributed by atoms with Gasteiger partial charge in [-0.05, 0) is 36.6 Å². The molecule has 0 fully saturated rings. The molecule has 0 spiro atoms. The summed E-state index contributed by atoms with van der Waals surface area (Å²) in [6, 6.07) is 5.80. The number of H-pyrrole nitrogens is 1. The largest absolute Gasteiger partial charge is 0.497 e. The smallest absolute Gasteiger partial charge is 0.174 e. The van der Waals surface area contributed by atoms with Gasteiger partial charge in [0.15, 0.2) is 5.82 Å². The first kappa shape index (κ1) is 12.3. The lowest BCUT2D eigenvalue weighted by atomic mass is 10.1. The maximum absolute atomic E-state index is 5.33. The first-order chi connectivity index (χ1) is 8.83. The third-order valence-corrected chi connectivity index (χ3v) is 2.72. The van der Waals surface area contributed by atoms with Gasteiger partial charge in [0.2, 0.25) is 0 Å². The first-order valence-corrected chi connectivity index (χ1v) is 5.76.